The lowest BCUT2D eigenvalue weighted by atomic mass is 9.79. The van der Waals surface area contributed by atoms with Crippen LogP contribution in [0.25, 0.3) is 0 Å². The summed E-state index contributed by atoms with van der Waals surface area (Å²) < 4.78 is 92.4. The third-order valence-corrected chi connectivity index (χ3v) is 7.05. The fraction of sp³-hybridized carbons (Fsp3) is 0.323. The molecule has 1 aliphatic heterocycles. The minimum atomic E-state index is -4.98. The van der Waals surface area contributed by atoms with Crippen molar-refractivity contribution < 1.29 is 40.6 Å². The molecule has 3 atom stereocenters. The van der Waals surface area contributed by atoms with Crippen LogP contribution < -0.4 is 0 Å². The standard InChI is InChI=1S/C31H29F6NO3/c1-21-13-14-38(28(39)40-19-23-9-5-3-6-10-23)29(18-21,25-11-7-4-8-12-25)20-41-22(2)24-15-26(30(32,33)34)17-27(16-24)31(35,36)37/h3-17,21-22H,18-20H2,1-2H3/t21?,22-,29?/m1/s1. The highest BCUT2D eigenvalue weighted by Gasteiger charge is 2.45. The van der Waals surface area contributed by atoms with Gasteiger partial charge in [0.15, 0.2) is 0 Å². The maximum Gasteiger partial charge on any atom is 0.416 e. The summed E-state index contributed by atoms with van der Waals surface area (Å²) in [5.74, 6) is -0.0299. The predicted octanol–water partition coefficient (Wildman–Crippen LogP) is 8.89. The number of halogens is 6. The van der Waals surface area contributed by atoms with Crippen LogP contribution >= 0.6 is 0 Å². The number of hydrogen-bond acceptors (Lipinski definition) is 3. The van der Waals surface area contributed by atoms with E-state index in [1.54, 1.807) is 48.7 Å². The summed E-state index contributed by atoms with van der Waals surface area (Å²) in [5.41, 5.74) is -2.82. The van der Waals surface area contributed by atoms with Gasteiger partial charge in [-0.25, -0.2) is 4.79 Å². The van der Waals surface area contributed by atoms with Gasteiger partial charge >= 0.3 is 18.4 Å². The molecule has 4 nitrogen and oxygen atoms in total. The third-order valence-electron chi connectivity index (χ3n) is 7.05. The highest BCUT2D eigenvalue weighted by Crippen LogP contribution is 2.42. The van der Waals surface area contributed by atoms with Crippen LogP contribution in [0, 0.1) is 5.92 Å². The van der Waals surface area contributed by atoms with Crippen molar-refractivity contribution in [2.75, 3.05) is 6.61 Å². The molecule has 0 radical (unpaired) electrons. The van der Waals surface area contributed by atoms with Gasteiger partial charge in [-0.3, -0.25) is 4.90 Å². The molecule has 4 rings (SSSR count). The smallest absolute Gasteiger partial charge is 0.416 e. The van der Waals surface area contributed by atoms with Gasteiger partial charge < -0.3 is 9.47 Å². The van der Waals surface area contributed by atoms with Gasteiger partial charge in [-0.2, -0.15) is 26.3 Å². The van der Waals surface area contributed by atoms with Crippen LogP contribution in [0.3, 0.4) is 0 Å². The number of carbonyl (C=O) groups excluding carboxylic acids is 1. The summed E-state index contributed by atoms with van der Waals surface area (Å²) >= 11 is 0. The summed E-state index contributed by atoms with van der Waals surface area (Å²) in [6.45, 7) is 3.11. The molecule has 2 unspecified atom stereocenters. The molecule has 10 heteroatoms. The van der Waals surface area contributed by atoms with Crippen molar-refractivity contribution >= 4 is 6.09 Å². The second kappa shape index (κ2) is 12.0. The van der Waals surface area contributed by atoms with E-state index >= 15 is 0 Å². The Balaban J connectivity index is 1.67. The van der Waals surface area contributed by atoms with Crippen LogP contribution in [0.15, 0.2) is 91.1 Å². The molecule has 0 saturated carbocycles. The van der Waals surface area contributed by atoms with Gasteiger partial charge in [-0.1, -0.05) is 73.7 Å². The van der Waals surface area contributed by atoms with Gasteiger partial charge in [-0.05, 0) is 54.2 Å². The number of benzene rings is 3. The Bertz CT molecular complexity index is 1330. The van der Waals surface area contributed by atoms with Gasteiger partial charge in [0, 0.05) is 6.20 Å². The normalized spacial score (nSPS) is 20.1. The lowest BCUT2D eigenvalue weighted by Crippen LogP contribution is -2.52. The first-order valence-corrected chi connectivity index (χ1v) is 12.9. The zero-order valence-electron chi connectivity index (χ0n) is 22.4. The molecular weight excluding hydrogens is 548 g/mol. The number of rotatable bonds is 7. The van der Waals surface area contributed by atoms with E-state index in [-0.39, 0.29) is 30.8 Å². The first-order chi connectivity index (χ1) is 19.3. The largest absolute Gasteiger partial charge is 0.444 e. The fourth-order valence-electron chi connectivity index (χ4n) is 4.89. The maximum absolute atomic E-state index is 13.5. The molecule has 0 aromatic heterocycles. The summed E-state index contributed by atoms with van der Waals surface area (Å²) in [6, 6.07) is 19.4. The average Bonchev–Trinajstić information content (AvgIpc) is 2.94. The van der Waals surface area contributed by atoms with Crippen molar-refractivity contribution in [2.45, 2.75) is 50.9 Å². The molecule has 1 aliphatic rings. The number of allylic oxidation sites excluding steroid dienone is 1. The SMILES string of the molecule is CC1C=CN(C(=O)OCc2ccccc2)C(CO[C@H](C)c2cc(C(F)(F)F)cc(C(F)(F)F)c2)(c2ccccc2)C1. The minimum absolute atomic E-state index is 0.00610. The Kier molecular flexibility index (Phi) is 8.82. The Morgan fingerprint density at radius 1 is 0.927 bits per heavy atom. The molecule has 218 valence electrons. The molecule has 3 aromatic carbocycles. The van der Waals surface area contributed by atoms with Gasteiger partial charge in [0.1, 0.15) is 6.61 Å². The van der Waals surface area contributed by atoms with Crippen molar-refractivity contribution in [1.82, 2.24) is 4.90 Å². The van der Waals surface area contributed by atoms with Crippen molar-refractivity contribution in [1.29, 1.82) is 0 Å². The van der Waals surface area contributed by atoms with Crippen molar-refractivity contribution in [3.63, 3.8) is 0 Å². The summed E-state index contributed by atoms with van der Waals surface area (Å²) in [5, 5.41) is 0. The molecule has 41 heavy (non-hydrogen) atoms. The Morgan fingerprint density at radius 3 is 2.05 bits per heavy atom. The van der Waals surface area contributed by atoms with Crippen LogP contribution in [0.5, 0.6) is 0 Å². The summed E-state index contributed by atoms with van der Waals surface area (Å²) in [7, 11) is 0. The van der Waals surface area contributed by atoms with E-state index in [4.69, 9.17) is 9.47 Å². The highest BCUT2D eigenvalue weighted by atomic mass is 19.4. The summed E-state index contributed by atoms with van der Waals surface area (Å²) in [4.78, 5) is 14.8. The predicted molar refractivity (Wildman–Crippen MR) is 140 cm³/mol. The molecule has 0 N–H and O–H groups in total. The number of amides is 1. The summed E-state index contributed by atoms with van der Waals surface area (Å²) in [6.07, 6.45) is -8.01. The van der Waals surface area contributed by atoms with Crippen LogP contribution in [0.4, 0.5) is 31.1 Å². The van der Waals surface area contributed by atoms with Crippen LogP contribution in [0.2, 0.25) is 0 Å². The third kappa shape index (κ3) is 7.11. The molecule has 0 aliphatic carbocycles. The van der Waals surface area contributed by atoms with Crippen molar-refractivity contribution in [2.24, 2.45) is 5.92 Å². The molecule has 3 aromatic rings. The number of alkyl halides is 6. The maximum atomic E-state index is 13.5. The molecule has 1 heterocycles. The lowest BCUT2D eigenvalue weighted by Gasteiger charge is -2.46. The van der Waals surface area contributed by atoms with Gasteiger partial charge in [0.05, 0.1) is 29.4 Å². The molecule has 1 amide bonds. The zero-order valence-corrected chi connectivity index (χ0v) is 22.4. The molecule has 0 saturated heterocycles. The van der Waals surface area contributed by atoms with Crippen LogP contribution in [-0.4, -0.2) is 17.6 Å². The molecular formula is C31H29F6NO3. The Labute approximate surface area is 234 Å². The number of ether oxygens (including phenoxy) is 2. The second-order valence-electron chi connectivity index (χ2n) is 10.1. The average molecular weight is 578 g/mol. The van der Waals surface area contributed by atoms with Gasteiger partial charge in [0.25, 0.3) is 0 Å². The van der Waals surface area contributed by atoms with Crippen LogP contribution in [0.1, 0.15) is 54.2 Å². The number of hydrogen-bond donors (Lipinski definition) is 0. The van der Waals surface area contributed by atoms with E-state index < -0.39 is 41.2 Å². The van der Waals surface area contributed by atoms with E-state index in [0.717, 1.165) is 5.56 Å². The Hall–Kier alpha value is -3.79. The van der Waals surface area contributed by atoms with Gasteiger partial charge in [-0.15, -0.1) is 0 Å². The second-order valence-corrected chi connectivity index (χ2v) is 10.1. The van der Waals surface area contributed by atoms with Crippen molar-refractivity contribution in [3.05, 3.63) is 119 Å². The van der Waals surface area contributed by atoms with E-state index in [1.165, 1.54) is 11.8 Å². The van der Waals surface area contributed by atoms with Crippen LogP contribution in [-0.2, 0) is 34.0 Å². The topological polar surface area (TPSA) is 38.8 Å². The molecule has 0 spiro atoms. The number of carbonyl (C=O) groups is 1. The molecule has 0 bridgehead atoms. The highest BCUT2D eigenvalue weighted by molar-refractivity contribution is 5.71. The van der Waals surface area contributed by atoms with Gasteiger partial charge in [0.2, 0.25) is 0 Å². The van der Waals surface area contributed by atoms with E-state index in [9.17, 15) is 31.1 Å². The fourth-order valence-corrected chi connectivity index (χ4v) is 4.89. The minimum Gasteiger partial charge on any atom is -0.444 e. The van der Waals surface area contributed by atoms with E-state index in [2.05, 4.69) is 0 Å². The number of nitrogens with zero attached hydrogens (tertiary/aromatic N) is 1. The monoisotopic (exact) mass is 577 g/mol. The van der Waals surface area contributed by atoms with Crippen molar-refractivity contribution in [3.8, 4) is 0 Å². The van der Waals surface area contributed by atoms with E-state index in [1.807, 2.05) is 31.2 Å². The zero-order chi connectivity index (χ0) is 29.8. The Morgan fingerprint density at radius 2 is 1.49 bits per heavy atom. The van der Waals surface area contributed by atoms with E-state index in [0.29, 0.717) is 24.1 Å². The molecule has 0 fully saturated rings. The quantitative estimate of drug-likeness (QED) is 0.263. The lowest BCUT2D eigenvalue weighted by molar-refractivity contribution is -0.143. The first kappa shape index (κ1) is 30.2. The first-order valence-electron chi connectivity index (χ1n) is 12.9.